The maximum Gasteiger partial charge on any atom is 0.0992 e. The van der Waals surface area contributed by atoms with Crippen LogP contribution in [0, 0.1) is 17.2 Å². The zero-order chi connectivity index (χ0) is 36.7. The Kier molecular flexibility index (Phi) is 8.01. The lowest BCUT2D eigenvalue weighted by molar-refractivity contribution is 0.822. The summed E-state index contributed by atoms with van der Waals surface area (Å²) in [6.07, 6.45) is 14.8. The summed E-state index contributed by atoms with van der Waals surface area (Å²) in [6, 6.07) is 57.8. The van der Waals surface area contributed by atoms with Crippen LogP contribution in [-0.2, 0) is 0 Å². The SMILES string of the molecule is N#Cc1ccc2c3ccc(-c4ccc(-c5ccc6cc5C=CC5C=C(C=C6)C(c6cccc(-c7ccccc7)n6)=CC5)cc4)cc3n(-c3ccccc3)c2c1. The van der Waals surface area contributed by atoms with Crippen molar-refractivity contribution in [3.63, 3.8) is 0 Å². The maximum atomic E-state index is 9.67. The average Bonchev–Trinajstić information content (AvgIpc) is 3.58. The molecule has 2 aliphatic carbocycles. The number of hydrogen-bond acceptors (Lipinski definition) is 2. The zero-order valence-corrected chi connectivity index (χ0v) is 30.1. The fraction of sp³-hybridized carbons (Fsp3) is 0.0385. The van der Waals surface area contributed by atoms with E-state index >= 15 is 0 Å². The molecule has 8 aromatic rings. The van der Waals surface area contributed by atoms with Gasteiger partial charge >= 0.3 is 0 Å². The van der Waals surface area contributed by atoms with Crippen molar-refractivity contribution < 1.29 is 0 Å². The summed E-state index contributed by atoms with van der Waals surface area (Å²) >= 11 is 0. The molecule has 0 saturated carbocycles. The minimum Gasteiger partial charge on any atom is -0.309 e. The number of aromatic nitrogens is 2. The molecular formula is C52H35N3. The van der Waals surface area contributed by atoms with Gasteiger partial charge in [-0.05, 0) is 99.8 Å². The van der Waals surface area contributed by atoms with Crippen molar-refractivity contribution in [2.45, 2.75) is 6.42 Å². The van der Waals surface area contributed by atoms with Gasteiger partial charge in [0.25, 0.3) is 0 Å². The Labute approximate surface area is 320 Å². The standard InChI is InChI=1S/C52H35N3/c53-34-37-18-28-47-48-29-25-41(33-52(48)55(51(47)32-37)44-10-5-2-6-11-44)38-21-23-39(24-22-38)45-26-16-35-15-20-43-31-36(14-19-42(45)30-35)17-27-46(43)50-13-7-12-49(54-50)40-8-3-1-4-9-40/h1-16,18-33,36H,17H2. The predicted molar refractivity (Wildman–Crippen MR) is 228 cm³/mol. The third-order valence-corrected chi connectivity index (χ3v) is 10.9. The Morgan fingerprint density at radius 1 is 0.582 bits per heavy atom. The second-order valence-corrected chi connectivity index (χ2v) is 14.3. The first-order valence-corrected chi connectivity index (χ1v) is 18.8. The van der Waals surface area contributed by atoms with Gasteiger partial charge < -0.3 is 4.57 Å². The van der Waals surface area contributed by atoms with E-state index in [2.05, 4.69) is 181 Å². The second-order valence-electron chi connectivity index (χ2n) is 14.3. The molecule has 10 rings (SSSR count). The van der Waals surface area contributed by atoms with Crippen molar-refractivity contribution in [3.05, 3.63) is 210 Å². The lowest BCUT2D eigenvalue weighted by atomic mass is 9.86. The molecule has 4 bridgehead atoms. The van der Waals surface area contributed by atoms with E-state index in [9.17, 15) is 5.26 Å². The monoisotopic (exact) mass is 701 g/mol. The van der Waals surface area contributed by atoms with Crippen LogP contribution in [0.3, 0.4) is 0 Å². The van der Waals surface area contributed by atoms with Gasteiger partial charge in [-0.15, -0.1) is 0 Å². The highest BCUT2D eigenvalue weighted by molar-refractivity contribution is 6.10. The molecule has 1 unspecified atom stereocenters. The maximum absolute atomic E-state index is 9.67. The summed E-state index contributed by atoms with van der Waals surface area (Å²) < 4.78 is 2.27. The average molecular weight is 702 g/mol. The number of nitriles is 1. The molecule has 0 saturated heterocycles. The van der Waals surface area contributed by atoms with Crippen LogP contribution in [-0.4, -0.2) is 9.55 Å². The van der Waals surface area contributed by atoms with E-state index in [0.29, 0.717) is 11.5 Å². The Morgan fingerprint density at radius 2 is 1.31 bits per heavy atom. The summed E-state index contributed by atoms with van der Waals surface area (Å²) in [5, 5.41) is 12.0. The molecule has 258 valence electrons. The lowest BCUT2D eigenvalue weighted by Gasteiger charge is -2.20. The largest absolute Gasteiger partial charge is 0.309 e. The van der Waals surface area contributed by atoms with Crippen LogP contribution >= 0.6 is 0 Å². The molecule has 0 N–H and O–H groups in total. The Balaban J connectivity index is 0.956. The highest BCUT2D eigenvalue weighted by Gasteiger charge is 2.18. The fourth-order valence-electron chi connectivity index (χ4n) is 8.11. The van der Waals surface area contributed by atoms with E-state index in [1.165, 1.54) is 38.8 Å². The predicted octanol–water partition coefficient (Wildman–Crippen LogP) is 13.1. The molecule has 55 heavy (non-hydrogen) atoms. The molecule has 0 spiro atoms. The van der Waals surface area contributed by atoms with Gasteiger partial charge in [0.2, 0.25) is 0 Å². The number of pyridine rings is 1. The zero-order valence-electron chi connectivity index (χ0n) is 30.1. The van der Waals surface area contributed by atoms with Gasteiger partial charge in [0.1, 0.15) is 0 Å². The smallest absolute Gasteiger partial charge is 0.0992 e. The molecular weight excluding hydrogens is 667 g/mol. The Morgan fingerprint density at radius 3 is 2.13 bits per heavy atom. The third-order valence-electron chi connectivity index (χ3n) is 10.9. The van der Waals surface area contributed by atoms with Gasteiger partial charge in [-0.2, -0.15) is 5.26 Å². The lowest BCUT2D eigenvalue weighted by Crippen LogP contribution is -2.03. The molecule has 2 aliphatic rings. The van der Waals surface area contributed by atoms with Crippen molar-refractivity contribution in [2.75, 3.05) is 0 Å². The van der Waals surface area contributed by atoms with Gasteiger partial charge in [0.15, 0.2) is 0 Å². The summed E-state index contributed by atoms with van der Waals surface area (Å²) in [5.41, 5.74) is 16.5. The molecule has 3 nitrogen and oxygen atoms in total. The minimum absolute atomic E-state index is 0.297. The minimum atomic E-state index is 0.297. The molecule has 0 amide bonds. The summed E-state index contributed by atoms with van der Waals surface area (Å²) in [7, 11) is 0. The van der Waals surface area contributed by atoms with Crippen LogP contribution in [0.2, 0.25) is 0 Å². The molecule has 0 fully saturated rings. The summed E-state index contributed by atoms with van der Waals surface area (Å²) in [4.78, 5) is 5.08. The first-order valence-electron chi connectivity index (χ1n) is 18.8. The van der Waals surface area contributed by atoms with Crippen LogP contribution in [0.15, 0.2) is 188 Å². The van der Waals surface area contributed by atoms with E-state index < -0.39 is 0 Å². The topological polar surface area (TPSA) is 41.6 Å². The van der Waals surface area contributed by atoms with Crippen molar-refractivity contribution in [1.82, 2.24) is 9.55 Å². The van der Waals surface area contributed by atoms with Crippen LogP contribution in [0.5, 0.6) is 0 Å². The summed E-state index contributed by atoms with van der Waals surface area (Å²) in [5.74, 6) is 0.297. The second kappa shape index (κ2) is 13.6. The molecule has 1 atom stereocenters. The molecule has 0 aliphatic heterocycles. The number of fused-ring (bicyclic) bond motifs is 6. The van der Waals surface area contributed by atoms with Crippen LogP contribution in [0.1, 0.15) is 28.8 Å². The molecule has 2 aromatic heterocycles. The normalized spacial score (nSPS) is 14.7. The van der Waals surface area contributed by atoms with Gasteiger partial charge in [0.05, 0.1) is 34.1 Å². The Bertz CT molecular complexity index is 2930. The fourth-order valence-corrected chi connectivity index (χ4v) is 8.11. The highest BCUT2D eigenvalue weighted by Crippen LogP contribution is 2.38. The number of para-hydroxylation sites is 1. The molecule has 2 heterocycles. The quantitative estimate of drug-likeness (QED) is 0.179. The van der Waals surface area contributed by atoms with E-state index in [1.54, 1.807) is 0 Å². The van der Waals surface area contributed by atoms with E-state index in [0.717, 1.165) is 56.6 Å². The first-order chi connectivity index (χ1) is 27.2. The number of rotatable bonds is 5. The van der Waals surface area contributed by atoms with Crippen molar-refractivity contribution in [2.24, 2.45) is 5.92 Å². The highest BCUT2D eigenvalue weighted by atomic mass is 15.0. The molecule has 3 heteroatoms. The van der Waals surface area contributed by atoms with Crippen LogP contribution in [0.4, 0.5) is 0 Å². The van der Waals surface area contributed by atoms with Gasteiger partial charge in [-0.1, -0.05) is 146 Å². The van der Waals surface area contributed by atoms with E-state index in [1.807, 2.05) is 24.3 Å². The van der Waals surface area contributed by atoms with Crippen molar-refractivity contribution in [1.29, 1.82) is 5.26 Å². The van der Waals surface area contributed by atoms with Gasteiger partial charge in [-0.3, -0.25) is 0 Å². The number of hydrogen-bond donors (Lipinski definition) is 0. The van der Waals surface area contributed by atoms with Crippen LogP contribution < -0.4 is 0 Å². The number of nitrogens with zero attached hydrogens (tertiary/aromatic N) is 3. The summed E-state index contributed by atoms with van der Waals surface area (Å²) in [6.45, 7) is 0. The van der Waals surface area contributed by atoms with Gasteiger partial charge in [-0.25, -0.2) is 4.98 Å². The third kappa shape index (κ3) is 6.01. The van der Waals surface area contributed by atoms with Gasteiger partial charge in [0, 0.05) is 27.6 Å². The first kappa shape index (κ1) is 32.4. The van der Waals surface area contributed by atoms with E-state index in [-0.39, 0.29) is 0 Å². The van der Waals surface area contributed by atoms with Crippen molar-refractivity contribution >= 4 is 39.5 Å². The number of benzene rings is 6. The van der Waals surface area contributed by atoms with Crippen LogP contribution in [0.25, 0.3) is 78.7 Å². The number of allylic oxidation sites excluding steroid dienone is 6. The van der Waals surface area contributed by atoms with E-state index in [4.69, 9.17) is 4.98 Å². The molecule has 0 radical (unpaired) electrons. The molecule has 6 aromatic carbocycles. The van der Waals surface area contributed by atoms with Crippen molar-refractivity contribution in [3.8, 4) is 45.3 Å². The Hall–Kier alpha value is -7.28.